The molecule has 69 heavy (non-hydrogen) atoms. The Morgan fingerprint density at radius 2 is 0.826 bits per heavy atom. The van der Waals surface area contributed by atoms with Gasteiger partial charge in [-0.1, -0.05) is 276 Å². The van der Waals surface area contributed by atoms with Crippen LogP contribution in [0.15, 0.2) is 24.3 Å². The van der Waals surface area contributed by atoms with Crippen molar-refractivity contribution >= 4 is 13.7 Å². The third kappa shape index (κ3) is 54.6. The van der Waals surface area contributed by atoms with Crippen molar-refractivity contribution in [3.05, 3.63) is 24.3 Å². The summed E-state index contributed by atoms with van der Waals surface area (Å²) in [6.45, 7) is 4.89. The standard InChI is InChI=1S/C60H119N2O6P/c1-6-8-10-12-14-16-18-20-22-23-24-25-26-27-28-29-30-31-32-33-34-35-36-37-38-40-41-43-45-47-49-51-53-59(63)58(57-68-69(65,66)67-56-55-62(3,4)5)61-60(64)54-52-50-48-46-44-42-39-21-19-17-15-13-11-9-7-2/h15,17,21,39,58-59,63H,6-14,16,18-20,22-38,40-57H2,1-5H3,(H-,61,64,65,66)/p+1/b17-15-,39-21-. The number of unbranched alkanes of at least 4 members (excludes halogenated alkanes) is 39. The minimum atomic E-state index is -4.33. The number of aliphatic hydroxyl groups excluding tert-OH is 1. The zero-order valence-electron chi connectivity index (χ0n) is 46.8. The van der Waals surface area contributed by atoms with Crippen molar-refractivity contribution in [2.45, 2.75) is 315 Å². The molecule has 0 aliphatic rings. The van der Waals surface area contributed by atoms with E-state index in [1.807, 2.05) is 21.1 Å². The van der Waals surface area contributed by atoms with Gasteiger partial charge < -0.3 is 19.8 Å². The van der Waals surface area contributed by atoms with Gasteiger partial charge in [0.25, 0.3) is 0 Å². The van der Waals surface area contributed by atoms with E-state index in [4.69, 9.17) is 9.05 Å². The molecular formula is C60H120N2O6P+. The lowest BCUT2D eigenvalue weighted by Gasteiger charge is -2.26. The number of likely N-dealkylation sites (N-methyl/N-ethyl adjacent to an activating group) is 1. The molecular weight excluding hydrogens is 876 g/mol. The van der Waals surface area contributed by atoms with E-state index in [1.165, 1.54) is 212 Å². The number of nitrogens with one attached hydrogen (secondary N) is 1. The molecule has 0 aromatic rings. The van der Waals surface area contributed by atoms with Crippen LogP contribution in [0.1, 0.15) is 303 Å². The monoisotopic (exact) mass is 996 g/mol. The number of nitrogens with zero attached hydrogens (tertiary/aromatic N) is 1. The van der Waals surface area contributed by atoms with Crippen LogP contribution in [-0.2, 0) is 18.4 Å². The number of amides is 1. The van der Waals surface area contributed by atoms with Crippen molar-refractivity contribution in [1.82, 2.24) is 5.32 Å². The first kappa shape index (κ1) is 68.0. The van der Waals surface area contributed by atoms with Gasteiger partial charge in [0.05, 0.1) is 39.9 Å². The van der Waals surface area contributed by atoms with Gasteiger partial charge in [-0.25, -0.2) is 4.57 Å². The predicted molar refractivity (Wildman–Crippen MR) is 300 cm³/mol. The van der Waals surface area contributed by atoms with Crippen LogP contribution in [0.25, 0.3) is 0 Å². The highest BCUT2D eigenvalue weighted by Gasteiger charge is 2.28. The Balaban J connectivity index is 4.01. The van der Waals surface area contributed by atoms with E-state index in [2.05, 4.69) is 43.5 Å². The summed E-state index contributed by atoms with van der Waals surface area (Å²) in [5.74, 6) is -0.155. The van der Waals surface area contributed by atoms with E-state index in [0.717, 1.165) is 64.2 Å². The minimum absolute atomic E-state index is 0.0728. The van der Waals surface area contributed by atoms with Gasteiger partial charge in [0.1, 0.15) is 13.2 Å². The number of hydrogen-bond donors (Lipinski definition) is 3. The summed E-state index contributed by atoms with van der Waals surface area (Å²) < 4.78 is 23.8. The molecule has 0 bridgehead atoms. The molecule has 8 nitrogen and oxygen atoms in total. The van der Waals surface area contributed by atoms with Gasteiger partial charge in [-0.15, -0.1) is 0 Å². The first-order chi connectivity index (χ1) is 33.5. The summed E-state index contributed by atoms with van der Waals surface area (Å²) in [5, 5.41) is 14.1. The third-order valence-corrected chi connectivity index (χ3v) is 14.9. The summed E-state index contributed by atoms with van der Waals surface area (Å²) >= 11 is 0. The maximum absolute atomic E-state index is 13.0. The fourth-order valence-corrected chi connectivity index (χ4v) is 9.93. The lowest BCUT2D eigenvalue weighted by Crippen LogP contribution is -2.46. The highest BCUT2D eigenvalue weighted by molar-refractivity contribution is 7.47. The highest BCUT2D eigenvalue weighted by Crippen LogP contribution is 2.43. The molecule has 1 amide bonds. The quantitative estimate of drug-likeness (QED) is 0.0243. The van der Waals surface area contributed by atoms with Crippen molar-refractivity contribution < 1.29 is 32.9 Å². The summed E-state index contributed by atoms with van der Waals surface area (Å²) in [7, 11) is 1.62. The molecule has 3 unspecified atom stereocenters. The molecule has 0 aliphatic heterocycles. The number of carbonyl (C=O) groups excluding carboxylic acids is 1. The molecule has 0 saturated carbocycles. The summed E-state index contributed by atoms with van der Waals surface area (Å²) in [6, 6.07) is -0.767. The molecule has 0 heterocycles. The number of rotatable bonds is 56. The number of carbonyl (C=O) groups is 1. The fourth-order valence-electron chi connectivity index (χ4n) is 9.20. The number of hydrogen-bond acceptors (Lipinski definition) is 5. The minimum Gasteiger partial charge on any atom is -0.391 e. The molecule has 0 spiro atoms. The second kappa shape index (κ2) is 51.9. The van der Waals surface area contributed by atoms with E-state index < -0.39 is 20.0 Å². The lowest BCUT2D eigenvalue weighted by molar-refractivity contribution is -0.870. The Bertz CT molecular complexity index is 1170. The molecule has 0 aromatic carbocycles. The molecule has 0 aromatic heterocycles. The maximum Gasteiger partial charge on any atom is 0.472 e. The lowest BCUT2D eigenvalue weighted by atomic mass is 10.0. The van der Waals surface area contributed by atoms with Crippen LogP contribution >= 0.6 is 7.82 Å². The van der Waals surface area contributed by atoms with Gasteiger partial charge in [-0.05, 0) is 44.9 Å². The summed E-state index contributed by atoms with van der Waals surface area (Å²) in [6.07, 6.45) is 65.4. The van der Waals surface area contributed by atoms with E-state index in [-0.39, 0.29) is 19.1 Å². The molecule has 0 aliphatic carbocycles. The van der Waals surface area contributed by atoms with Crippen molar-refractivity contribution in [1.29, 1.82) is 0 Å². The molecule has 0 fully saturated rings. The molecule has 9 heteroatoms. The number of aliphatic hydroxyl groups is 1. The normalized spacial score (nSPS) is 14.0. The first-order valence-corrected chi connectivity index (χ1v) is 31.7. The second-order valence-corrected chi connectivity index (χ2v) is 23.5. The van der Waals surface area contributed by atoms with Gasteiger partial charge in [0.2, 0.25) is 5.91 Å². The van der Waals surface area contributed by atoms with Crippen molar-refractivity contribution in [3.8, 4) is 0 Å². The number of quaternary nitrogens is 1. The zero-order valence-corrected chi connectivity index (χ0v) is 47.7. The van der Waals surface area contributed by atoms with Crippen molar-refractivity contribution in [3.63, 3.8) is 0 Å². The summed E-state index contributed by atoms with van der Waals surface area (Å²) in [4.78, 5) is 23.3. The van der Waals surface area contributed by atoms with Gasteiger partial charge in [-0.3, -0.25) is 13.8 Å². The van der Waals surface area contributed by atoms with Crippen LogP contribution in [0.5, 0.6) is 0 Å². The Morgan fingerprint density at radius 1 is 0.493 bits per heavy atom. The van der Waals surface area contributed by atoms with Crippen LogP contribution in [-0.4, -0.2) is 73.4 Å². The van der Waals surface area contributed by atoms with Crippen LogP contribution in [0, 0.1) is 0 Å². The van der Waals surface area contributed by atoms with Crippen LogP contribution < -0.4 is 5.32 Å². The van der Waals surface area contributed by atoms with Crippen molar-refractivity contribution in [2.75, 3.05) is 40.9 Å². The summed E-state index contributed by atoms with van der Waals surface area (Å²) in [5.41, 5.74) is 0. The van der Waals surface area contributed by atoms with Gasteiger partial charge in [0.15, 0.2) is 0 Å². The molecule has 3 N–H and O–H groups in total. The smallest absolute Gasteiger partial charge is 0.391 e. The predicted octanol–water partition coefficient (Wildman–Crippen LogP) is 18.4. The van der Waals surface area contributed by atoms with Crippen LogP contribution in [0.2, 0.25) is 0 Å². The molecule has 0 saturated heterocycles. The van der Waals surface area contributed by atoms with E-state index in [0.29, 0.717) is 23.9 Å². The van der Waals surface area contributed by atoms with Crippen LogP contribution in [0.4, 0.5) is 0 Å². The highest BCUT2D eigenvalue weighted by atomic mass is 31.2. The number of allylic oxidation sites excluding steroid dienone is 4. The first-order valence-electron chi connectivity index (χ1n) is 30.2. The average Bonchev–Trinajstić information content (AvgIpc) is 3.31. The maximum atomic E-state index is 13.0. The number of phosphoric ester groups is 1. The zero-order chi connectivity index (χ0) is 50.6. The van der Waals surface area contributed by atoms with Crippen LogP contribution in [0.3, 0.4) is 0 Å². The largest absolute Gasteiger partial charge is 0.472 e. The molecule has 410 valence electrons. The Kier molecular flexibility index (Phi) is 51.1. The van der Waals surface area contributed by atoms with Gasteiger partial charge in [-0.2, -0.15) is 0 Å². The Labute approximate surface area is 430 Å². The van der Waals surface area contributed by atoms with Crippen molar-refractivity contribution in [2.24, 2.45) is 0 Å². The van der Waals surface area contributed by atoms with E-state index in [1.54, 1.807) is 0 Å². The molecule has 0 rings (SSSR count). The molecule has 0 radical (unpaired) electrons. The number of phosphoric acid groups is 1. The Hall–Kier alpha value is -1.02. The second-order valence-electron chi connectivity index (χ2n) is 22.1. The fraction of sp³-hybridized carbons (Fsp3) is 0.917. The SMILES string of the molecule is CCCCC/C=C\C/C=C\CCCCCCCC(=O)NC(COP(=O)(O)OCC[N+](C)(C)C)C(O)CCCCCCCCCCCCCCCCCCCCCCCCCCCCCCCCCC. The van der Waals surface area contributed by atoms with E-state index in [9.17, 15) is 19.4 Å². The average molecular weight is 997 g/mol. The third-order valence-electron chi connectivity index (χ3n) is 14.0. The van der Waals surface area contributed by atoms with Gasteiger partial charge >= 0.3 is 7.82 Å². The topological polar surface area (TPSA) is 105 Å². The van der Waals surface area contributed by atoms with E-state index >= 15 is 0 Å². The Morgan fingerprint density at radius 3 is 1.22 bits per heavy atom. The van der Waals surface area contributed by atoms with Gasteiger partial charge in [0, 0.05) is 6.42 Å². The molecule has 3 atom stereocenters.